The Kier molecular flexibility index (Phi) is 11.0. The molecule has 0 rings (SSSR count). The van der Waals surface area contributed by atoms with Crippen molar-refractivity contribution in [3.8, 4) is 0 Å². The second kappa shape index (κ2) is 11.6. The SMILES string of the molecule is C=C(C)/C=C\CCCCCCCCCC(C)=O. The van der Waals surface area contributed by atoms with Crippen LogP contribution < -0.4 is 0 Å². The molecule has 0 unspecified atom stereocenters. The number of hydrogen-bond acceptors (Lipinski definition) is 1. The van der Waals surface area contributed by atoms with E-state index in [9.17, 15) is 4.79 Å². The minimum absolute atomic E-state index is 0.328. The molecule has 0 spiro atoms. The summed E-state index contributed by atoms with van der Waals surface area (Å²) >= 11 is 0. The van der Waals surface area contributed by atoms with E-state index in [1.54, 1.807) is 6.92 Å². The van der Waals surface area contributed by atoms with Crippen molar-refractivity contribution in [3.63, 3.8) is 0 Å². The van der Waals surface area contributed by atoms with Gasteiger partial charge in [-0.05, 0) is 33.1 Å². The number of rotatable bonds is 11. The minimum atomic E-state index is 0.328. The van der Waals surface area contributed by atoms with E-state index in [4.69, 9.17) is 0 Å². The Bertz CT molecular complexity index is 238. The van der Waals surface area contributed by atoms with Crippen LogP contribution in [0.15, 0.2) is 24.3 Å². The second-order valence-electron chi connectivity index (χ2n) is 4.96. The van der Waals surface area contributed by atoms with Gasteiger partial charge in [-0.15, -0.1) is 0 Å². The van der Waals surface area contributed by atoms with Gasteiger partial charge in [0.15, 0.2) is 0 Å². The molecule has 1 heteroatoms. The van der Waals surface area contributed by atoms with Crippen LogP contribution in [0, 0.1) is 0 Å². The summed E-state index contributed by atoms with van der Waals surface area (Å²) in [6.07, 6.45) is 15.1. The van der Waals surface area contributed by atoms with Crippen molar-refractivity contribution in [2.24, 2.45) is 0 Å². The molecular weight excluding hydrogens is 208 g/mol. The van der Waals surface area contributed by atoms with Crippen molar-refractivity contribution < 1.29 is 4.79 Å². The number of ketones is 1. The van der Waals surface area contributed by atoms with Gasteiger partial charge in [0.05, 0.1) is 0 Å². The normalized spacial score (nSPS) is 10.9. The largest absolute Gasteiger partial charge is 0.300 e. The van der Waals surface area contributed by atoms with Crippen LogP contribution in [-0.4, -0.2) is 5.78 Å². The fourth-order valence-corrected chi connectivity index (χ4v) is 1.80. The highest BCUT2D eigenvalue weighted by atomic mass is 16.1. The van der Waals surface area contributed by atoms with Crippen LogP contribution in [0.5, 0.6) is 0 Å². The molecule has 98 valence electrons. The Balaban J connectivity index is 3.08. The molecule has 0 radical (unpaired) electrons. The maximum absolute atomic E-state index is 10.7. The number of unbranched alkanes of at least 4 members (excludes halogenated alkanes) is 7. The Hall–Kier alpha value is -0.850. The van der Waals surface area contributed by atoms with Crippen molar-refractivity contribution in [1.82, 2.24) is 0 Å². The summed E-state index contributed by atoms with van der Waals surface area (Å²) in [4.78, 5) is 10.7. The lowest BCUT2D eigenvalue weighted by molar-refractivity contribution is -0.117. The van der Waals surface area contributed by atoms with Crippen LogP contribution in [0.2, 0.25) is 0 Å². The number of carbonyl (C=O) groups is 1. The molecule has 0 aromatic rings. The quantitative estimate of drug-likeness (QED) is 0.355. The monoisotopic (exact) mass is 236 g/mol. The Morgan fingerprint density at radius 3 is 2.00 bits per heavy atom. The molecule has 0 aromatic carbocycles. The first-order valence-corrected chi connectivity index (χ1v) is 6.94. The third kappa shape index (κ3) is 15.1. The number of carbonyl (C=O) groups excluding carboxylic acids is 1. The van der Waals surface area contributed by atoms with Crippen molar-refractivity contribution in [2.75, 3.05) is 0 Å². The van der Waals surface area contributed by atoms with Gasteiger partial charge in [-0.25, -0.2) is 0 Å². The number of allylic oxidation sites excluding steroid dienone is 3. The van der Waals surface area contributed by atoms with Gasteiger partial charge in [0.25, 0.3) is 0 Å². The molecule has 17 heavy (non-hydrogen) atoms. The highest BCUT2D eigenvalue weighted by Crippen LogP contribution is 2.10. The molecule has 0 aliphatic heterocycles. The molecular formula is C16H28O. The molecule has 0 aliphatic carbocycles. The number of Topliss-reactive ketones (excluding diaryl/α,β-unsaturated/α-hetero) is 1. The Morgan fingerprint density at radius 2 is 1.47 bits per heavy atom. The molecule has 0 atom stereocenters. The first kappa shape index (κ1) is 16.1. The lowest BCUT2D eigenvalue weighted by atomic mass is 10.1. The molecule has 1 nitrogen and oxygen atoms in total. The van der Waals surface area contributed by atoms with Crippen LogP contribution in [0.25, 0.3) is 0 Å². The van der Waals surface area contributed by atoms with Gasteiger partial charge < -0.3 is 4.79 Å². The lowest BCUT2D eigenvalue weighted by Crippen LogP contribution is -1.89. The van der Waals surface area contributed by atoms with E-state index in [2.05, 4.69) is 18.7 Å². The van der Waals surface area contributed by atoms with E-state index >= 15 is 0 Å². The summed E-state index contributed by atoms with van der Waals surface area (Å²) < 4.78 is 0. The lowest BCUT2D eigenvalue weighted by Gasteiger charge is -2.00. The Labute approximate surface area is 107 Å². The van der Waals surface area contributed by atoms with E-state index < -0.39 is 0 Å². The van der Waals surface area contributed by atoms with Gasteiger partial charge in [0.1, 0.15) is 5.78 Å². The van der Waals surface area contributed by atoms with Gasteiger partial charge in [0, 0.05) is 6.42 Å². The predicted octanol–water partition coefficient (Wildman–Crippen LogP) is 5.22. The van der Waals surface area contributed by atoms with Crippen molar-refractivity contribution in [1.29, 1.82) is 0 Å². The zero-order chi connectivity index (χ0) is 12.9. The third-order valence-electron chi connectivity index (χ3n) is 2.80. The fourth-order valence-electron chi connectivity index (χ4n) is 1.80. The molecule has 0 saturated heterocycles. The molecule has 0 amide bonds. The van der Waals surface area contributed by atoms with Crippen LogP contribution in [-0.2, 0) is 4.79 Å². The molecule has 0 bridgehead atoms. The van der Waals surface area contributed by atoms with Gasteiger partial charge >= 0.3 is 0 Å². The van der Waals surface area contributed by atoms with Gasteiger partial charge in [-0.3, -0.25) is 0 Å². The summed E-state index contributed by atoms with van der Waals surface area (Å²) in [5.41, 5.74) is 1.13. The van der Waals surface area contributed by atoms with E-state index in [1.165, 1.54) is 44.9 Å². The average molecular weight is 236 g/mol. The Morgan fingerprint density at radius 1 is 0.941 bits per heavy atom. The summed E-state index contributed by atoms with van der Waals surface area (Å²) in [5.74, 6) is 0.328. The zero-order valence-electron chi connectivity index (χ0n) is 11.6. The maximum Gasteiger partial charge on any atom is 0.129 e. The fraction of sp³-hybridized carbons (Fsp3) is 0.688. The van der Waals surface area contributed by atoms with Gasteiger partial charge in [-0.2, -0.15) is 0 Å². The highest BCUT2D eigenvalue weighted by Gasteiger charge is 1.94. The predicted molar refractivity (Wildman–Crippen MR) is 76.2 cm³/mol. The first-order valence-electron chi connectivity index (χ1n) is 6.94. The van der Waals surface area contributed by atoms with E-state index in [0.717, 1.165) is 18.4 Å². The minimum Gasteiger partial charge on any atom is -0.300 e. The van der Waals surface area contributed by atoms with Crippen molar-refractivity contribution in [3.05, 3.63) is 24.3 Å². The molecule has 0 fully saturated rings. The van der Waals surface area contributed by atoms with E-state index in [-0.39, 0.29) is 0 Å². The maximum atomic E-state index is 10.7. The van der Waals surface area contributed by atoms with Crippen LogP contribution >= 0.6 is 0 Å². The number of hydrogen-bond donors (Lipinski definition) is 0. The third-order valence-corrected chi connectivity index (χ3v) is 2.80. The molecule has 0 saturated carbocycles. The zero-order valence-corrected chi connectivity index (χ0v) is 11.6. The van der Waals surface area contributed by atoms with Crippen LogP contribution in [0.4, 0.5) is 0 Å². The molecule has 0 aliphatic rings. The van der Waals surface area contributed by atoms with E-state index in [0.29, 0.717) is 5.78 Å². The van der Waals surface area contributed by atoms with Gasteiger partial charge in [-0.1, -0.05) is 56.4 Å². The first-order chi connectivity index (χ1) is 8.13. The van der Waals surface area contributed by atoms with E-state index in [1.807, 2.05) is 6.92 Å². The van der Waals surface area contributed by atoms with Gasteiger partial charge in [0.2, 0.25) is 0 Å². The second-order valence-corrected chi connectivity index (χ2v) is 4.96. The molecule has 0 N–H and O–H groups in total. The summed E-state index contributed by atoms with van der Waals surface area (Å²) in [5, 5.41) is 0. The summed E-state index contributed by atoms with van der Waals surface area (Å²) in [6.45, 7) is 7.54. The van der Waals surface area contributed by atoms with Crippen molar-refractivity contribution >= 4 is 5.78 Å². The van der Waals surface area contributed by atoms with Crippen molar-refractivity contribution in [2.45, 2.75) is 71.6 Å². The topological polar surface area (TPSA) is 17.1 Å². The van der Waals surface area contributed by atoms with Crippen LogP contribution in [0.3, 0.4) is 0 Å². The molecule has 0 aromatic heterocycles. The summed E-state index contributed by atoms with van der Waals surface area (Å²) in [6, 6.07) is 0. The smallest absolute Gasteiger partial charge is 0.129 e. The highest BCUT2D eigenvalue weighted by molar-refractivity contribution is 5.75. The average Bonchev–Trinajstić information content (AvgIpc) is 2.25. The van der Waals surface area contributed by atoms with Crippen LogP contribution in [0.1, 0.15) is 71.6 Å². The standard InChI is InChI=1S/C16H28O/c1-15(2)13-11-9-7-5-4-6-8-10-12-14-16(3)17/h11,13H,1,4-10,12,14H2,2-3H3/b13-11-. The molecule has 0 heterocycles. The summed E-state index contributed by atoms with van der Waals surface area (Å²) in [7, 11) is 0.